The molecule has 0 bridgehead atoms. The van der Waals surface area contributed by atoms with Gasteiger partial charge in [0, 0.05) is 37.4 Å². The van der Waals surface area contributed by atoms with Gasteiger partial charge >= 0.3 is 5.69 Å². The number of carbonyl (C=O) groups is 1. The Bertz CT molecular complexity index is 1940. The number of pyridine rings is 2. The van der Waals surface area contributed by atoms with E-state index < -0.39 is 5.69 Å². The first-order valence-corrected chi connectivity index (χ1v) is 15.5. The molecule has 8 nitrogen and oxygen atoms in total. The molecule has 1 aliphatic rings. The lowest BCUT2D eigenvalue weighted by Crippen LogP contribution is -2.54. The van der Waals surface area contributed by atoms with Gasteiger partial charge in [0.2, 0.25) is 5.91 Å². The quantitative estimate of drug-likeness (QED) is 0.229. The van der Waals surface area contributed by atoms with E-state index in [-0.39, 0.29) is 28.7 Å². The van der Waals surface area contributed by atoms with E-state index in [1.54, 1.807) is 27.8 Å². The average Bonchev–Trinajstić information content (AvgIpc) is 3.03. The number of aryl methyl sites for hydroxylation is 1. The highest BCUT2D eigenvalue weighted by Crippen LogP contribution is 2.37. The van der Waals surface area contributed by atoms with Gasteiger partial charge in [-0.05, 0) is 48.0 Å². The number of nitrogens with zero attached hydrogens (tertiary/aromatic N) is 6. The lowest BCUT2D eigenvalue weighted by Gasteiger charge is -2.41. The molecule has 1 atom stereocenters. The van der Waals surface area contributed by atoms with Gasteiger partial charge in [-0.3, -0.25) is 9.78 Å². The number of piperazine rings is 1. The van der Waals surface area contributed by atoms with Gasteiger partial charge < -0.3 is 9.80 Å². The van der Waals surface area contributed by atoms with Crippen molar-refractivity contribution in [3.05, 3.63) is 91.7 Å². The van der Waals surface area contributed by atoms with Crippen LogP contribution in [0.15, 0.2) is 64.2 Å². The van der Waals surface area contributed by atoms with E-state index in [4.69, 9.17) is 48.0 Å². The zero-order valence-corrected chi connectivity index (χ0v) is 27.1. The summed E-state index contributed by atoms with van der Waals surface area (Å²) >= 11 is 7.01. The number of carbonyl (C=O) groups excluding carboxylic acids is 1. The molecule has 1 aromatic carbocycles. The molecule has 0 saturated carbocycles. The lowest BCUT2D eigenvalue weighted by atomic mass is 9.77. The smallest absolute Gasteiger partial charge is 0.350 e. The third kappa shape index (κ3) is 6.32. The Balaban J connectivity index is 1.81. The number of benzene rings is 1. The van der Waals surface area contributed by atoms with Gasteiger partial charge in [0.15, 0.2) is 5.65 Å². The van der Waals surface area contributed by atoms with Crippen molar-refractivity contribution in [2.45, 2.75) is 46.1 Å². The number of fused-ring (bicyclic) bond motifs is 1. The molecule has 0 spiro atoms. The summed E-state index contributed by atoms with van der Waals surface area (Å²) in [6.45, 7) is 9.14. The highest BCUT2D eigenvalue weighted by atomic mass is 35.5. The average molecular weight is 622 g/mol. The normalized spacial score (nSPS) is 15.4. The second-order valence-electron chi connectivity index (χ2n) is 11.6. The van der Waals surface area contributed by atoms with Gasteiger partial charge in [-0.2, -0.15) is 10.4 Å². The molecule has 3 aromatic heterocycles. The van der Waals surface area contributed by atoms with E-state index in [0.717, 1.165) is 22.8 Å². The molecule has 8 radical (unpaired) electrons. The summed E-state index contributed by atoms with van der Waals surface area (Å²) in [6, 6.07) is 11.0. The Labute approximate surface area is 279 Å². The van der Waals surface area contributed by atoms with Gasteiger partial charge in [0.1, 0.15) is 21.5 Å². The maximum atomic E-state index is 14.3. The molecule has 1 aliphatic heterocycles. The second kappa shape index (κ2) is 13.8. The van der Waals surface area contributed by atoms with Crippen LogP contribution in [0.3, 0.4) is 0 Å². The number of amides is 1. The summed E-state index contributed by atoms with van der Waals surface area (Å²) in [5, 5.41) is 1.06. The Morgan fingerprint density at radius 2 is 1.87 bits per heavy atom. The summed E-state index contributed by atoms with van der Waals surface area (Å²) in [6.07, 6.45) is 4.06. The third-order valence-electron chi connectivity index (χ3n) is 8.14. The minimum atomic E-state index is -0.506. The Morgan fingerprint density at radius 1 is 1.13 bits per heavy atom. The zero-order valence-electron chi connectivity index (χ0n) is 26.4. The van der Waals surface area contributed by atoms with Crippen LogP contribution >= 0.6 is 11.6 Å². The van der Waals surface area contributed by atoms with E-state index in [1.165, 1.54) is 0 Å². The van der Waals surface area contributed by atoms with E-state index in [2.05, 4.69) is 9.97 Å². The van der Waals surface area contributed by atoms with Crippen molar-refractivity contribution in [2.24, 2.45) is 0 Å². The second-order valence-corrected chi connectivity index (χ2v) is 12.0. The van der Waals surface area contributed by atoms with E-state index in [9.17, 15) is 9.59 Å². The minimum Gasteiger partial charge on any atom is -0.350 e. The van der Waals surface area contributed by atoms with Gasteiger partial charge in [-0.1, -0.05) is 62.7 Å². The predicted molar refractivity (Wildman–Crippen MR) is 189 cm³/mol. The first-order valence-electron chi connectivity index (χ1n) is 15.1. The van der Waals surface area contributed by atoms with Gasteiger partial charge in [0.25, 0.3) is 0 Å². The fraction of sp³-hybridized carbons (Fsp3) is 0.303. The van der Waals surface area contributed by atoms with Crippen molar-refractivity contribution in [3.8, 4) is 16.9 Å². The first-order chi connectivity index (χ1) is 22.0. The standard InChI is InChI=1S/C33H31B4ClN6O2/c1-5-20-10-11-39-27(18(2)3)29(20)44-31-23(15-25(38)28(40-31)22-9-7-6-8-21(22)14-26(36)37)30(41-33(44)46)43-13-12-42(17-19(43)4)32(45)24(35)16-34/h6-11,14-16,18-19H,5,12-13,17H2,1-4H3/b24-16-/t19-/m0/s1. The minimum absolute atomic E-state index is 0.00827. The van der Waals surface area contributed by atoms with Crippen molar-refractivity contribution in [1.82, 2.24) is 24.4 Å². The largest absolute Gasteiger partial charge is 0.355 e. The highest BCUT2D eigenvalue weighted by Gasteiger charge is 2.31. The fourth-order valence-corrected chi connectivity index (χ4v) is 6.17. The van der Waals surface area contributed by atoms with Crippen molar-refractivity contribution < 1.29 is 4.79 Å². The molecule has 1 saturated heterocycles. The van der Waals surface area contributed by atoms with Crippen LogP contribution < -0.4 is 10.6 Å². The number of rotatable bonds is 7. The summed E-state index contributed by atoms with van der Waals surface area (Å²) < 4.78 is 1.55. The molecule has 46 heavy (non-hydrogen) atoms. The van der Waals surface area contributed by atoms with Crippen LogP contribution in [0.4, 0.5) is 5.82 Å². The summed E-state index contributed by atoms with van der Waals surface area (Å²) in [7, 11) is 23.0. The molecule has 5 rings (SSSR count). The van der Waals surface area contributed by atoms with Crippen LogP contribution in [-0.2, 0) is 11.2 Å². The molecule has 224 valence electrons. The zero-order chi connectivity index (χ0) is 33.3. The molecule has 1 fully saturated rings. The first kappa shape index (κ1) is 33.3. The van der Waals surface area contributed by atoms with Crippen LogP contribution in [0.25, 0.3) is 34.1 Å². The van der Waals surface area contributed by atoms with E-state index in [1.807, 2.05) is 62.9 Å². The third-order valence-corrected chi connectivity index (χ3v) is 8.43. The maximum absolute atomic E-state index is 14.3. The summed E-state index contributed by atoms with van der Waals surface area (Å²) in [5.41, 5.74) is 4.05. The summed E-state index contributed by atoms with van der Waals surface area (Å²) in [5.74, 6) is 1.19. The monoisotopic (exact) mass is 622 g/mol. The SMILES string of the molecule is [B]/C=C(\[B])C(=O)N1CCN(c2nc(=O)n(-c3c(CC)ccnc3C(C)C)c3nc(-c4ccccc4C=C([B])[B])c(Cl)cc23)[C@@H](C)C1. The van der Waals surface area contributed by atoms with Crippen LogP contribution in [0, 0.1) is 0 Å². The van der Waals surface area contributed by atoms with Gasteiger partial charge in [-0.15, -0.1) is 5.98 Å². The molecule has 0 N–H and O–H groups in total. The maximum Gasteiger partial charge on any atom is 0.355 e. The molecule has 1 amide bonds. The molecule has 13 heteroatoms. The van der Waals surface area contributed by atoms with Crippen molar-refractivity contribution >= 4 is 71.8 Å². The Morgan fingerprint density at radius 3 is 2.52 bits per heavy atom. The topological polar surface area (TPSA) is 84.2 Å². The number of halogens is 1. The number of aromatic nitrogens is 4. The van der Waals surface area contributed by atoms with E-state index >= 15 is 0 Å². The molecular formula is C33H31B4ClN6O2. The van der Waals surface area contributed by atoms with Crippen molar-refractivity contribution in [1.29, 1.82) is 0 Å². The van der Waals surface area contributed by atoms with Crippen LogP contribution in [0.5, 0.6) is 0 Å². The molecular weight excluding hydrogens is 591 g/mol. The summed E-state index contributed by atoms with van der Waals surface area (Å²) in [4.78, 5) is 45.1. The van der Waals surface area contributed by atoms with E-state index in [0.29, 0.717) is 64.9 Å². The van der Waals surface area contributed by atoms with Crippen molar-refractivity contribution in [3.63, 3.8) is 0 Å². The molecule has 4 heterocycles. The van der Waals surface area contributed by atoms with Crippen LogP contribution in [0.2, 0.25) is 5.02 Å². The number of anilines is 1. The van der Waals surface area contributed by atoms with Crippen molar-refractivity contribution in [2.75, 3.05) is 24.5 Å². The molecule has 4 aromatic rings. The molecule has 0 aliphatic carbocycles. The Hall–Kier alpha value is -4.04. The number of hydrogen-bond acceptors (Lipinski definition) is 6. The predicted octanol–water partition coefficient (Wildman–Crippen LogP) is 4.03. The lowest BCUT2D eigenvalue weighted by molar-refractivity contribution is -0.127. The molecule has 0 unspecified atom stereocenters. The van der Waals surface area contributed by atoms with Crippen LogP contribution in [-0.4, -0.2) is 87.4 Å². The number of hydrogen-bond donors (Lipinski definition) is 0. The highest BCUT2D eigenvalue weighted by molar-refractivity contribution is 6.50. The van der Waals surface area contributed by atoms with Crippen LogP contribution in [0.1, 0.15) is 50.4 Å². The fourth-order valence-electron chi connectivity index (χ4n) is 5.92. The van der Waals surface area contributed by atoms with Gasteiger partial charge in [-0.25, -0.2) is 14.3 Å². The van der Waals surface area contributed by atoms with Gasteiger partial charge in [0.05, 0.1) is 43.2 Å². The Kier molecular flexibility index (Phi) is 9.96.